The van der Waals surface area contributed by atoms with E-state index >= 15 is 0 Å². The predicted octanol–water partition coefficient (Wildman–Crippen LogP) is 9.03. The van der Waals surface area contributed by atoms with Crippen LogP contribution in [0.15, 0.2) is 79.0 Å². The first kappa shape index (κ1) is 30.1. The molecule has 1 N–H and O–H groups in total. The number of hydrogen-bond donors (Lipinski definition) is 1. The summed E-state index contributed by atoms with van der Waals surface area (Å²) in [6, 6.07) is 24.1. The molecule has 0 bridgehead atoms. The Labute approximate surface area is 244 Å². The summed E-state index contributed by atoms with van der Waals surface area (Å²) in [5, 5.41) is 9.89. The zero-order valence-corrected chi connectivity index (χ0v) is 24.6. The highest BCUT2D eigenvalue weighted by Gasteiger charge is 2.18. The summed E-state index contributed by atoms with van der Waals surface area (Å²) in [5.41, 5.74) is 4.69. The van der Waals surface area contributed by atoms with Crippen molar-refractivity contribution in [2.75, 3.05) is 0 Å². The van der Waals surface area contributed by atoms with Crippen LogP contribution in [0.1, 0.15) is 98.9 Å². The number of aliphatic carboxylic acids is 1. The number of ketones is 1. The largest absolute Gasteiger partial charge is 0.486 e. The molecule has 5 heteroatoms. The van der Waals surface area contributed by atoms with Gasteiger partial charge in [-0.3, -0.25) is 9.59 Å². The summed E-state index contributed by atoms with van der Waals surface area (Å²) in [6.07, 6.45) is 9.17. The maximum Gasteiger partial charge on any atom is 0.303 e. The van der Waals surface area contributed by atoms with E-state index in [0.717, 1.165) is 35.9 Å². The minimum Gasteiger partial charge on any atom is -0.486 e. The van der Waals surface area contributed by atoms with E-state index in [1.165, 1.54) is 30.4 Å². The summed E-state index contributed by atoms with van der Waals surface area (Å²) in [4.78, 5) is 24.6. The number of aromatic nitrogens is 1. The van der Waals surface area contributed by atoms with Crippen molar-refractivity contribution in [3.8, 4) is 5.75 Å². The van der Waals surface area contributed by atoms with Crippen LogP contribution in [0.25, 0.3) is 10.9 Å². The van der Waals surface area contributed by atoms with Crippen molar-refractivity contribution >= 4 is 22.7 Å². The molecule has 0 saturated heterocycles. The van der Waals surface area contributed by atoms with Crippen LogP contribution in [0.3, 0.4) is 0 Å². The third-order valence-electron chi connectivity index (χ3n) is 7.53. The molecular formula is C36H43NO4. The van der Waals surface area contributed by atoms with Gasteiger partial charge in [0.15, 0.2) is 5.78 Å². The SMILES string of the molecule is CCCCCCC(Oc1ccc(C(=O)c2cn(CCCC(=O)O)c3ccccc23)cc1)c1ccc(CC(C)C)cc1. The summed E-state index contributed by atoms with van der Waals surface area (Å²) in [6.45, 7) is 7.25. The fourth-order valence-electron chi connectivity index (χ4n) is 5.41. The minimum atomic E-state index is -0.814. The Hall–Kier alpha value is -3.86. The number of carbonyl (C=O) groups is 2. The first-order chi connectivity index (χ1) is 19.9. The van der Waals surface area contributed by atoms with E-state index in [9.17, 15) is 9.59 Å². The number of para-hydroxylation sites is 1. The highest BCUT2D eigenvalue weighted by molar-refractivity contribution is 6.16. The van der Waals surface area contributed by atoms with Crippen molar-refractivity contribution in [3.63, 3.8) is 0 Å². The molecule has 0 aliphatic heterocycles. The second kappa shape index (κ2) is 14.7. The summed E-state index contributed by atoms with van der Waals surface area (Å²) in [5.74, 6) is 0.508. The molecule has 1 aromatic heterocycles. The van der Waals surface area contributed by atoms with Crippen molar-refractivity contribution in [3.05, 3.63) is 101 Å². The fourth-order valence-corrected chi connectivity index (χ4v) is 5.41. The molecule has 0 fully saturated rings. The first-order valence-electron chi connectivity index (χ1n) is 15.1. The Morgan fingerprint density at radius 3 is 2.29 bits per heavy atom. The van der Waals surface area contributed by atoms with Gasteiger partial charge in [0.2, 0.25) is 0 Å². The second-order valence-corrected chi connectivity index (χ2v) is 11.4. The normalized spacial score (nSPS) is 12.1. The van der Waals surface area contributed by atoms with Gasteiger partial charge in [0, 0.05) is 41.2 Å². The Morgan fingerprint density at radius 2 is 1.61 bits per heavy atom. The number of carboxylic acid groups (broad SMARTS) is 1. The van der Waals surface area contributed by atoms with Gasteiger partial charge >= 0.3 is 5.97 Å². The molecule has 0 amide bonds. The van der Waals surface area contributed by atoms with Gasteiger partial charge in [-0.2, -0.15) is 0 Å². The molecule has 216 valence electrons. The van der Waals surface area contributed by atoms with E-state index < -0.39 is 5.97 Å². The van der Waals surface area contributed by atoms with E-state index in [-0.39, 0.29) is 18.3 Å². The van der Waals surface area contributed by atoms with Gasteiger partial charge in [-0.15, -0.1) is 0 Å². The topological polar surface area (TPSA) is 68.5 Å². The highest BCUT2D eigenvalue weighted by Crippen LogP contribution is 2.29. The van der Waals surface area contributed by atoms with Gasteiger partial charge in [0.25, 0.3) is 0 Å². The standard InChI is InChI=1S/C36H43NO4/c1-4-5-6-7-13-34(28-17-15-27(16-18-28)24-26(2)3)41-30-21-19-29(20-22-30)36(40)32-25-37(23-10-14-35(38)39)33-12-9-8-11-31(32)33/h8-9,11-12,15-22,25-26,34H,4-7,10,13-14,23-24H2,1-3H3,(H,38,39). The van der Waals surface area contributed by atoms with Crippen LogP contribution in [0.4, 0.5) is 0 Å². The van der Waals surface area contributed by atoms with Crippen LogP contribution in [-0.2, 0) is 17.8 Å². The van der Waals surface area contributed by atoms with Crippen molar-refractivity contribution < 1.29 is 19.4 Å². The Balaban J connectivity index is 1.50. The van der Waals surface area contributed by atoms with Gasteiger partial charge in [-0.05, 0) is 73.1 Å². The lowest BCUT2D eigenvalue weighted by Gasteiger charge is -2.20. The molecule has 41 heavy (non-hydrogen) atoms. The number of carbonyl (C=O) groups excluding carboxylic acids is 1. The molecule has 3 aromatic carbocycles. The maximum atomic E-state index is 13.6. The zero-order valence-electron chi connectivity index (χ0n) is 24.6. The molecule has 1 unspecified atom stereocenters. The average Bonchev–Trinajstić information content (AvgIpc) is 3.33. The number of rotatable bonds is 16. The number of unbranched alkanes of at least 4 members (excludes halogenated alkanes) is 3. The highest BCUT2D eigenvalue weighted by atomic mass is 16.5. The lowest BCUT2D eigenvalue weighted by molar-refractivity contribution is -0.137. The molecule has 4 aromatic rings. The predicted molar refractivity (Wildman–Crippen MR) is 166 cm³/mol. The van der Waals surface area contributed by atoms with E-state index in [1.54, 1.807) is 0 Å². The second-order valence-electron chi connectivity index (χ2n) is 11.4. The van der Waals surface area contributed by atoms with Crippen LogP contribution in [0.2, 0.25) is 0 Å². The van der Waals surface area contributed by atoms with Gasteiger partial charge in [0.1, 0.15) is 11.9 Å². The Kier molecular flexibility index (Phi) is 10.8. The lowest BCUT2D eigenvalue weighted by Crippen LogP contribution is -2.09. The molecule has 0 spiro atoms. The fraction of sp³-hybridized carbons (Fsp3) is 0.389. The molecule has 1 atom stereocenters. The van der Waals surface area contributed by atoms with Gasteiger partial charge in [0.05, 0.1) is 0 Å². The third kappa shape index (κ3) is 8.32. The summed E-state index contributed by atoms with van der Waals surface area (Å²) >= 11 is 0. The van der Waals surface area contributed by atoms with Gasteiger partial charge < -0.3 is 14.4 Å². The zero-order chi connectivity index (χ0) is 29.2. The van der Waals surface area contributed by atoms with E-state index in [2.05, 4.69) is 45.0 Å². The van der Waals surface area contributed by atoms with Gasteiger partial charge in [-0.1, -0.05) is 82.5 Å². The molecule has 0 aliphatic rings. The summed E-state index contributed by atoms with van der Waals surface area (Å²) < 4.78 is 8.50. The number of nitrogens with zero attached hydrogens (tertiary/aromatic N) is 1. The number of ether oxygens (including phenoxy) is 1. The minimum absolute atomic E-state index is 0.0368. The number of benzene rings is 3. The summed E-state index contributed by atoms with van der Waals surface area (Å²) in [7, 11) is 0. The number of carboxylic acids is 1. The lowest BCUT2D eigenvalue weighted by atomic mass is 9.98. The molecule has 0 saturated carbocycles. The number of aryl methyl sites for hydroxylation is 1. The molecule has 0 aliphatic carbocycles. The van der Waals surface area contributed by atoms with Crippen LogP contribution in [0.5, 0.6) is 5.75 Å². The Morgan fingerprint density at radius 1 is 0.878 bits per heavy atom. The number of hydrogen-bond acceptors (Lipinski definition) is 3. The Bertz CT molecular complexity index is 1420. The van der Waals surface area contributed by atoms with E-state index in [1.807, 2.05) is 59.3 Å². The number of fused-ring (bicyclic) bond motifs is 1. The van der Waals surface area contributed by atoms with Crippen molar-refractivity contribution in [1.82, 2.24) is 4.57 Å². The van der Waals surface area contributed by atoms with Crippen LogP contribution in [-0.4, -0.2) is 21.4 Å². The van der Waals surface area contributed by atoms with Crippen LogP contribution >= 0.6 is 0 Å². The smallest absolute Gasteiger partial charge is 0.303 e. The molecular weight excluding hydrogens is 510 g/mol. The molecule has 0 radical (unpaired) electrons. The molecule has 4 rings (SSSR count). The van der Waals surface area contributed by atoms with Crippen molar-refractivity contribution in [2.24, 2.45) is 5.92 Å². The van der Waals surface area contributed by atoms with Crippen molar-refractivity contribution in [1.29, 1.82) is 0 Å². The third-order valence-corrected chi connectivity index (χ3v) is 7.53. The van der Waals surface area contributed by atoms with Crippen LogP contribution < -0.4 is 4.74 Å². The van der Waals surface area contributed by atoms with Gasteiger partial charge in [-0.25, -0.2) is 0 Å². The van der Waals surface area contributed by atoms with E-state index in [0.29, 0.717) is 30.0 Å². The van der Waals surface area contributed by atoms with Crippen molar-refractivity contribution in [2.45, 2.75) is 84.8 Å². The monoisotopic (exact) mass is 553 g/mol. The molecule has 5 nitrogen and oxygen atoms in total. The molecule has 1 heterocycles. The maximum absolute atomic E-state index is 13.6. The van der Waals surface area contributed by atoms with Crippen LogP contribution in [0, 0.1) is 5.92 Å². The first-order valence-corrected chi connectivity index (χ1v) is 15.1. The quantitative estimate of drug-likeness (QED) is 0.111. The average molecular weight is 554 g/mol. The van der Waals surface area contributed by atoms with E-state index in [4.69, 9.17) is 9.84 Å².